The van der Waals surface area contributed by atoms with Crippen molar-refractivity contribution in [2.75, 3.05) is 26.2 Å². The number of nitrogens with zero attached hydrogens (tertiary/aromatic N) is 2. The first kappa shape index (κ1) is 23.2. The highest BCUT2D eigenvalue weighted by Gasteiger charge is 2.38. The lowest BCUT2D eigenvalue weighted by Gasteiger charge is -2.23. The highest BCUT2D eigenvalue weighted by atomic mass is 35.5. The molecule has 5 heteroatoms. The number of aliphatic imine (C=N–C) groups is 1. The van der Waals surface area contributed by atoms with Crippen molar-refractivity contribution < 1.29 is 9.47 Å². The van der Waals surface area contributed by atoms with Crippen molar-refractivity contribution in [2.24, 2.45) is 4.99 Å². The van der Waals surface area contributed by atoms with Gasteiger partial charge in [0.05, 0.1) is 25.6 Å². The van der Waals surface area contributed by atoms with Gasteiger partial charge < -0.3 is 14.4 Å². The van der Waals surface area contributed by atoms with Crippen LogP contribution in [0.2, 0.25) is 0 Å². The number of ether oxygens (including phenoxy) is 2. The summed E-state index contributed by atoms with van der Waals surface area (Å²) in [5.74, 6) is 1.71. The molecular formula is C28H31ClN2O2. The maximum Gasteiger partial charge on any atom is 0.119 e. The molecular weight excluding hydrogens is 432 g/mol. The predicted molar refractivity (Wildman–Crippen MR) is 139 cm³/mol. The standard InChI is InChI=1S/C28H31ClN2O2/c1-27(2)21-16-19(32-6)10-12-23(21)30-25(27)14-8-18(29)9-15-26-28(3,4)22-17-20(33-7)11-13-24(22)31(26)5/h8-17H,1-7H3/b14-8+,18-9-,26-15+. The minimum atomic E-state index is -0.218. The lowest BCUT2D eigenvalue weighted by Crippen LogP contribution is -2.23. The molecule has 0 N–H and O–H groups in total. The Bertz CT molecular complexity index is 1220. The third-order valence-electron chi connectivity index (χ3n) is 6.80. The highest BCUT2D eigenvalue weighted by molar-refractivity contribution is 6.31. The van der Waals surface area contributed by atoms with Crippen molar-refractivity contribution in [3.8, 4) is 11.5 Å². The summed E-state index contributed by atoms with van der Waals surface area (Å²) >= 11 is 6.61. The van der Waals surface area contributed by atoms with Gasteiger partial charge in [0.25, 0.3) is 0 Å². The summed E-state index contributed by atoms with van der Waals surface area (Å²) in [6, 6.07) is 12.2. The molecule has 4 rings (SSSR count). The van der Waals surface area contributed by atoms with E-state index in [0.29, 0.717) is 5.03 Å². The molecule has 0 aromatic heterocycles. The number of halogens is 1. The summed E-state index contributed by atoms with van der Waals surface area (Å²) in [6.45, 7) is 8.78. The first-order valence-electron chi connectivity index (χ1n) is 11.1. The van der Waals surface area contributed by atoms with E-state index in [1.165, 1.54) is 16.9 Å². The van der Waals surface area contributed by atoms with E-state index in [-0.39, 0.29) is 10.8 Å². The second-order valence-electron chi connectivity index (χ2n) is 9.51. The molecule has 0 radical (unpaired) electrons. The lowest BCUT2D eigenvalue weighted by molar-refractivity contribution is 0.413. The Labute approximate surface area is 201 Å². The Morgan fingerprint density at radius 1 is 0.939 bits per heavy atom. The molecule has 2 aromatic carbocycles. The van der Waals surface area contributed by atoms with Crippen LogP contribution < -0.4 is 14.4 Å². The van der Waals surface area contributed by atoms with Gasteiger partial charge in [-0.25, -0.2) is 0 Å². The molecule has 2 aliphatic heterocycles. The lowest BCUT2D eigenvalue weighted by atomic mass is 9.81. The van der Waals surface area contributed by atoms with Gasteiger partial charge in [-0.1, -0.05) is 39.3 Å². The van der Waals surface area contributed by atoms with Gasteiger partial charge in [0.1, 0.15) is 11.5 Å². The van der Waals surface area contributed by atoms with E-state index in [0.717, 1.165) is 28.5 Å². The van der Waals surface area contributed by atoms with Crippen LogP contribution in [-0.4, -0.2) is 27.0 Å². The van der Waals surface area contributed by atoms with Crippen molar-refractivity contribution in [1.82, 2.24) is 0 Å². The van der Waals surface area contributed by atoms with Gasteiger partial charge >= 0.3 is 0 Å². The van der Waals surface area contributed by atoms with Gasteiger partial charge in [0, 0.05) is 34.3 Å². The number of hydrogen-bond donors (Lipinski definition) is 0. The number of hydrogen-bond acceptors (Lipinski definition) is 4. The van der Waals surface area contributed by atoms with Gasteiger partial charge in [0.15, 0.2) is 0 Å². The van der Waals surface area contributed by atoms with Crippen LogP contribution in [0.15, 0.2) is 76.4 Å². The molecule has 2 aliphatic rings. The molecule has 0 saturated heterocycles. The van der Waals surface area contributed by atoms with Crippen LogP contribution in [0.25, 0.3) is 0 Å². The third kappa shape index (κ3) is 3.97. The Balaban J connectivity index is 1.58. The average molecular weight is 463 g/mol. The van der Waals surface area contributed by atoms with Crippen LogP contribution in [0.1, 0.15) is 38.8 Å². The summed E-state index contributed by atoms with van der Waals surface area (Å²) in [5.41, 5.74) is 6.33. The largest absolute Gasteiger partial charge is 0.497 e. The van der Waals surface area contributed by atoms with Gasteiger partial charge in [-0.15, -0.1) is 0 Å². The summed E-state index contributed by atoms with van der Waals surface area (Å²) in [5, 5.41) is 0.646. The third-order valence-corrected chi connectivity index (χ3v) is 7.05. The quantitative estimate of drug-likeness (QED) is 0.446. The monoisotopic (exact) mass is 462 g/mol. The average Bonchev–Trinajstić information content (AvgIpc) is 3.16. The normalized spacial score (nSPS) is 19.6. The summed E-state index contributed by atoms with van der Waals surface area (Å²) in [4.78, 5) is 7.04. The van der Waals surface area contributed by atoms with E-state index >= 15 is 0 Å². The topological polar surface area (TPSA) is 34.1 Å². The van der Waals surface area contributed by atoms with Crippen molar-refractivity contribution in [1.29, 1.82) is 0 Å². The predicted octanol–water partition coefficient (Wildman–Crippen LogP) is 7.06. The Hall–Kier alpha value is -2.98. The van der Waals surface area contributed by atoms with E-state index in [2.05, 4.69) is 63.9 Å². The highest BCUT2D eigenvalue weighted by Crippen LogP contribution is 2.48. The molecule has 172 valence electrons. The molecule has 0 amide bonds. The summed E-state index contributed by atoms with van der Waals surface area (Å²) in [6.07, 6.45) is 7.97. The van der Waals surface area contributed by atoms with E-state index in [1.54, 1.807) is 14.2 Å². The molecule has 0 fully saturated rings. The van der Waals surface area contributed by atoms with E-state index in [1.807, 2.05) is 36.4 Å². The first-order valence-corrected chi connectivity index (χ1v) is 11.4. The molecule has 0 atom stereocenters. The number of methoxy groups -OCH3 is 2. The number of anilines is 1. The maximum absolute atomic E-state index is 6.61. The molecule has 33 heavy (non-hydrogen) atoms. The van der Waals surface area contributed by atoms with Crippen LogP contribution in [0.4, 0.5) is 11.4 Å². The van der Waals surface area contributed by atoms with Gasteiger partial charge in [-0.2, -0.15) is 0 Å². The number of allylic oxidation sites excluding steroid dienone is 6. The fraction of sp³-hybridized carbons (Fsp3) is 0.321. The molecule has 0 spiro atoms. The zero-order chi connectivity index (χ0) is 24.0. The number of rotatable bonds is 5. The van der Waals surface area contributed by atoms with Crippen LogP contribution >= 0.6 is 11.6 Å². The second kappa shape index (κ2) is 8.42. The molecule has 2 aromatic rings. The van der Waals surface area contributed by atoms with Crippen molar-refractivity contribution in [2.45, 2.75) is 38.5 Å². The van der Waals surface area contributed by atoms with Crippen LogP contribution in [0, 0.1) is 0 Å². The summed E-state index contributed by atoms with van der Waals surface area (Å²) < 4.78 is 10.8. The van der Waals surface area contributed by atoms with E-state index < -0.39 is 0 Å². The number of benzene rings is 2. The van der Waals surface area contributed by atoms with Crippen molar-refractivity contribution >= 4 is 28.7 Å². The SMILES string of the molecule is COc1ccc2c(c1)C(C)(C)C(/C=C/C(Cl)=C/C=C1/N(C)c3ccc(OC)cc3C1(C)C)=N2. The fourth-order valence-electron chi connectivity index (χ4n) is 4.71. The minimum Gasteiger partial charge on any atom is -0.497 e. The van der Waals surface area contributed by atoms with Crippen LogP contribution in [0.5, 0.6) is 11.5 Å². The molecule has 0 aliphatic carbocycles. The van der Waals surface area contributed by atoms with Crippen molar-refractivity contribution in [3.63, 3.8) is 0 Å². The minimum absolute atomic E-state index is 0.158. The maximum atomic E-state index is 6.61. The Morgan fingerprint density at radius 2 is 1.58 bits per heavy atom. The van der Waals surface area contributed by atoms with Gasteiger partial charge in [-0.05, 0) is 71.8 Å². The van der Waals surface area contributed by atoms with E-state index in [4.69, 9.17) is 26.1 Å². The van der Waals surface area contributed by atoms with E-state index in [9.17, 15) is 0 Å². The zero-order valence-corrected chi connectivity index (χ0v) is 21.1. The van der Waals surface area contributed by atoms with Crippen LogP contribution in [-0.2, 0) is 10.8 Å². The number of likely N-dealkylation sites (N-methyl/N-ethyl adjacent to an activating group) is 1. The Morgan fingerprint density at radius 3 is 2.24 bits per heavy atom. The van der Waals surface area contributed by atoms with Crippen molar-refractivity contribution in [3.05, 3.63) is 82.6 Å². The number of fused-ring (bicyclic) bond motifs is 2. The second-order valence-corrected chi connectivity index (χ2v) is 9.95. The molecule has 4 nitrogen and oxygen atoms in total. The Kier molecular flexibility index (Phi) is 5.92. The molecule has 0 unspecified atom stereocenters. The molecule has 0 saturated carbocycles. The smallest absolute Gasteiger partial charge is 0.119 e. The van der Waals surface area contributed by atoms with Gasteiger partial charge in [0.2, 0.25) is 0 Å². The van der Waals surface area contributed by atoms with Crippen LogP contribution in [0.3, 0.4) is 0 Å². The van der Waals surface area contributed by atoms with Gasteiger partial charge in [-0.3, -0.25) is 4.99 Å². The fourth-order valence-corrected chi connectivity index (χ4v) is 4.83. The zero-order valence-electron chi connectivity index (χ0n) is 20.4. The molecule has 0 bridgehead atoms. The first-order chi connectivity index (χ1) is 15.6. The summed E-state index contributed by atoms with van der Waals surface area (Å²) in [7, 11) is 5.47. The molecule has 2 heterocycles.